The van der Waals surface area contributed by atoms with Crippen LogP contribution in [0.3, 0.4) is 0 Å². The summed E-state index contributed by atoms with van der Waals surface area (Å²) in [6.07, 6.45) is 1.18. The number of fused-ring (bicyclic) bond motifs is 1. The molecule has 9 nitrogen and oxygen atoms in total. The zero-order valence-electron chi connectivity index (χ0n) is 14.4. The summed E-state index contributed by atoms with van der Waals surface area (Å²) in [6.45, 7) is 0.0844. The van der Waals surface area contributed by atoms with Crippen LogP contribution in [0.5, 0.6) is 0 Å². The molecular formula is C19H13N5O4. The fraction of sp³-hybridized carbons (Fsp3) is 0.0526. The van der Waals surface area contributed by atoms with Crippen molar-refractivity contribution in [2.45, 2.75) is 6.54 Å². The van der Waals surface area contributed by atoms with Crippen LogP contribution in [-0.2, 0) is 6.54 Å². The highest BCUT2D eigenvalue weighted by Gasteiger charge is 2.16. The monoisotopic (exact) mass is 375 g/mol. The van der Waals surface area contributed by atoms with Crippen molar-refractivity contribution in [1.29, 1.82) is 0 Å². The predicted molar refractivity (Wildman–Crippen MR) is 102 cm³/mol. The van der Waals surface area contributed by atoms with Crippen molar-refractivity contribution in [3.05, 3.63) is 97.3 Å². The summed E-state index contributed by atoms with van der Waals surface area (Å²) in [7, 11) is 0. The number of nitro benzene ring substituents is 1. The van der Waals surface area contributed by atoms with Crippen LogP contribution >= 0.6 is 0 Å². The molecule has 0 radical (unpaired) electrons. The summed E-state index contributed by atoms with van der Waals surface area (Å²) in [5.74, 6) is 0. The van der Waals surface area contributed by atoms with Crippen molar-refractivity contribution in [3.8, 4) is 11.3 Å². The van der Waals surface area contributed by atoms with Gasteiger partial charge in [0.2, 0.25) is 0 Å². The lowest BCUT2D eigenvalue weighted by molar-refractivity contribution is -0.384. The van der Waals surface area contributed by atoms with E-state index in [4.69, 9.17) is 0 Å². The molecule has 0 aliphatic rings. The van der Waals surface area contributed by atoms with E-state index >= 15 is 0 Å². The minimum atomic E-state index is -0.515. The van der Waals surface area contributed by atoms with Gasteiger partial charge in [0.15, 0.2) is 0 Å². The lowest BCUT2D eigenvalue weighted by Gasteiger charge is -2.10. The van der Waals surface area contributed by atoms with Crippen LogP contribution in [-0.4, -0.2) is 24.7 Å². The molecule has 0 amide bonds. The number of benzene rings is 2. The molecule has 1 N–H and O–H groups in total. The third kappa shape index (κ3) is 3.05. The first-order valence-electron chi connectivity index (χ1n) is 8.32. The maximum absolute atomic E-state index is 12.8. The molecule has 0 aliphatic carbocycles. The second-order valence-electron chi connectivity index (χ2n) is 6.06. The zero-order chi connectivity index (χ0) is 19.7. The largest absolute Gasteiger partial charge is 0.313 e. The Morgan fingerprint density at radius 2 is 1.75 bits per heavy atom. The van der Waals surface area contributed by atoms with Crippen molar-refractivity contribution in [2.75, 3.05) is 0 Å². The Morgan fingerprint density at radius 3 is 2.43 bits per heavy atom. The molecule has 0 aliphatic heterocycles. The number of nitrogens with one attached hydrogen (secondary N) is 1. The maximum Gasteiger partial charge on any atom is 0.293 e. The van der Waals surface area contributed by atoms with E-state index in [1.165, 1.54) is 23.1 Å². The van der Waals surface area contributed by atoms with Crippen molar-refractivity contribution in [1.82, 2.24) is 19.7 Å². The number of non-ortho nitro benzene ring substituents is 1. The van der Waals surface area contributed by atoms with E-state index in [0.717, 1.165) is 0 Å². The van der Waals surface area contributed by atoms with Gasteiger partial charge in [0.1, 0.15) is 11.2 Å². The second-order valence-corrected chi connectivity index (χ2v) is 6.06. The number of hydrogen-bond acceptors (Lipinski definition) is 6. The number of rotatable bonds is 4. The highest BCUT2D eigenvalue weighted by molar-refractivity contribution is 5.90. The highest BCUT2D eigenvalue weighted by atomic mass is 16.6. The average molecular weight is 375 g/mol. The minimum absolute atomic E-state index is 0.0134. The summed E-state index contributed by atoms with van der Waals surface area (Å²) in [6, 6.07) is 14.9. The first-order chi connectivity index (χ1) is 13.5. The Kier molecular flexibility index (Phi) is 4.24. The Hall–Kier alpha value is -4.14. The summed E-state index contributed by atoms with van der Waals surface area (Å²) in [5.41, 5.74) is 0.675. The third-order valence-corrected chi connectivity index (χ3v) is 4.27. The summed E-state index contributed by atoms with van der Waals surface area (Å²) in [4.78, 5) is 42.0. The van der Waals surface area contributed by atoms with E-state index in [1.807, 2.05) is 6.07 Å². The van der Waals surface area contributed by atoms with Gasteiger partial charge in [-0.05, 0) is 5.56 Å². The molecule has 9 heteroatoms. The number of nitrogens with zero attached hydrogens (tertiary/aromatic N) is 4. The molecule has 0 saturated carbocycles. The van der Waals surface area contributed by atoms with E-state index in [1.54, 1.807) is 36.4 Å². The van der Waals surface area contributed by atoms with E-state index in [-0.39, 0.29) is 23.1 Å². The molecule has 2 aromatic carbocycles. The van der Waals surface area contributed by atoms with Gasteiger partial charge < -0.3 is 4.98 Å². The van der Waals surface area contributed by atoms with Crippen molar-refractivity contribution in [3.63, 3.8) is 0 Å². The molecule has 4 rings (SSSR count). The van der Waals surface area contributed by atoms with Crippen molar-refractivity contribution in [2.24, 2.45) is 0 Å². The molecule has 0 unspecified atom stereocenters. The van der Waals surface area contributed by atoms with Gasteiger partial charge in [-0.25, -0.2) is 9.67 Å². The quantitative estimate of drug-likeness (QED) is 0.430. The van der Waals surface area contributed by atoms with E-state index in [2.05, 4.69) is 15.1 Å². The van der Waals surface area contributed by atoms with Gasteiger partial charge in [-0.15, -0.1) is 0 Å². The van der Waals surface area contributed by atoms with Gasteiger partial charge in [0.25, 0.3) is 16.8 Å². The van der Waals surface area contributed by atoms with Gasteiger partial charge in [-0.3, -0.25) is 19.7 Å². The fourth-order valence-electron chi connectivity index (χ4n) is 2.92. The van der Waals surface area contributed by atoms with Crippen LogP contribution in [0.2, 0.25) is 0 Å². The molecule has 0 bridgehead atoms. The normalized spacial score (nSPS) is 10.9. The van der Waals surface area contributed by atoms with Gasteiger partial charge >= 0.3 is 0 Å². The molecule has 0 spiro atoms. The first kappa shape index (κ1) is 17.3. The van der Waals surface area contributed by atoms with Crippen LogP contribution in [0.4, 0.5) is 5.69 Å². The van der Waals surface area contributed by atoms with E-state index in [0.29, 0.717) is 16.8 Å². The SMILES string of the molecule is O=c1[nH]cnc2c(=O)n(Cc3ccc([N+](=O)[O-])cc3)nc(-c3ccccc3)c12. The Bertz CT molecular complexity index is 1290. The fourth-order valence-corrected chi connectivity index (χ4v) is 2.92. The number of nitro groups is 1. The molecule has 28 heavy (non-hydrogen) atoms. The summed E-state index contributed by atoms with van der Waals surface area (Å²) in [5, 5.41) is 15.3. The molecule has 0 atom stereocenters. The first-order valence-corrected chi connectivity index (χ1v) is 8.32. The van der Waals surface area contributed by atoms with Gasteiger partial charge in [-0.2, -0.15) is 5.10 Å². The number of hydrogen-bond donors (Lipinski definition) is 1. The van der Waals surface area contributed by atoms with Gasteiger partial charge in [0.05, 0.1) is 23.2 Å². The minimum Gasteiger partial charge on any atom is -0.313 e. The topological polar surface area (TPSA) is 124 Å². The van der Waals surface area contributed by atoms with Crippen LogP contribution in [0, 0.1) is 10.1 Å². The number of H-pyrrole nitrogens is 1. The Labute approximate surface area is 157 Å². The van der Waals surface area contributed by atoms with Crippen molar-refractivity contribution >= 4 is 16.6 Å². The summed E-state index contributed by atoms with van der Waals surface area (Å²) >= 11 is 0. The number of aromatic nitrogens is 4. The van der Waals surface area contributed by atoms with Crippen molar-refractivity contribution < 1.29 is 4.92 Å². The lowest BCUT2D eigenvalue weighted by Crippen LogP contribution is -2.27. The molecule has 0 saturated heterocycles. The Morgan fingerprint density at radius 1 is 1.04 bits per heavy atom. The Balaban J connectivity index is 1.90. The van der Waals surface area contributed by atoms with Crippen LogP contribution in [0.1, 0.15) is 5.56 Å². The lowest BCUT2D eigenvalue weighted by atomic mass is 10.1. The van der Waals surface area contributed by atoms with Crippen LogP contribution in [0.15, 0.2) is 70.5 Å². The molecule has 138 valence electrons. The molecule has 0 fully saturated rings. The maximum atomic E-state index is 12.8. The van der Waals surface area contributed by atoms with Crippen LogP contribution in [0.25, 0.3) is 22.2 Å². The third-order valence-electron chi connectivity index (χ3n) is 4.27. The predicted octanol–water partition coefficient (Wildman–Crippen LogP) is 2.10. The highest BCUT2D eigenvalue weighted by Crippen LogP contribution is 2.21. The van der Waals surface area contributed by atoms with E-state index in [9.17, 15) is 19.7 Å². The van der Waals surface area contributed by atoms with Gasteiger partial charge in [-0.1, -0.05) is 42.5 Å². The van der Waals surface area contributed by atoms with E-state index < -0.39 is 16.0 Å². The van der Waals surface area contributed by atoms with Gasteiger partial charge in [0, 0.05) is 17.7 Å². The zero-order valence-corrected chi connectivity index (χ0v) is 14.4. The average Bonchev–Trinajstić information content (AvgIpc) is 2.71. The smallest absolute Gasteiger partial charge is 0.293 e. The number of aromatic amines is 1. The second kappa shape index (κ2) is 6.88. The van der Waals surface area contributed by atoms with Crippen LogP contribution < -0.4 is 11.1 Å². The standard InChI is InChI=1S/C19H13N5O4/c25-18-15-16(13-4-2-1-3-5-13)22-23(19(26)17(15)20-11-21-18)10-12-6-8-14(9-7-12)24(27)28/h1-9,11H,10H2,(H,20,21,25). The molecule has 2 aromatic heterocycles. The molecule has 2 heterocycles. The summed E-state index contributed by atoms with van der Waals surface area (Å²) < 4.78 is 1.21. The molecular weight excluding hydrogens is 362 g/mol. The molecule has 4 aromatic rings.